The summed E-state index contributed by atoms with van der Waals surface area (Å²) in [5.74, 6) is -3.95. The van der Waals surface area contributed by atoms with Crippen LogP contribution >= 0.6 is 12.2 Å². The quantitative estimate of drug-likeness (QED) is 0.645. The van der Waals surface area contributed by atoms with E-state index in [2.05, 4.69) is 5.43 Å². The second-order valence-corrected chi connectivity index (χ2v) is 5.03. The zero-order valence-corrected chi connectivity index (χ0v) is 12.6. The van der Waals surface area contributed by atoms with Crippen LogP contribution in [0.3, 0.4) is 0 Å². The van der Waals surface area contributed by atoms with Crippen molar-refractivity contribution < 1.29 is 13.2 Å². The van der Waals surface area contributed by atoms with Crippen molar-refractivity contribution in [3.8, 4) is 6.07 Å². The number of nitrogens with two attached hydrogens (primary N) is 1. The second-order valence-electron chi connectivity index (χ2n) is 4.59. The van der Waals surface area contributed by atoms with Gasteiger partial charge in [-0.2, -0.15) is 5.26 Å². The summed E-state index contributed by atoms with van der Waals surface area (Å²) < 4.78 is 39.7. The van der Waals surface area contributed by atoms with Crippen molar-refractivity contribution >= 4 is 17.3 Å². The summed E-state index contributed by atoms with van der Waals surface area (Å²) in [5.41, 5.74) is 8.22. The van der Waals surface area contributed by atoms with Gasteiger partial charge in [-0.3, -0.25) is 10.4 Å². The van der Waals surface area contributed by atoms with Gasteiger partial charge < -0.3 is 10.6 Å². The fourth-order valence-corrected chi connectivity index (χ4v) is 2.07. The van der Waals surface area contributed by atoms with Crippen molar-refractivity contribution in [3.63, 3.8) is 0 Å². The molecular weight excluding hydrogens is 327 g/mol. The second kappa shape index (κ2) is 7.02. The summed E-state index contributed by atoms with van der Waals surface area (Å²) in [6, 6.07) is 4.02. The molecule has 0 fully saturated rings. The van der Waals surface area contributed by atoms with Crippen molar-refractivity contribution in [3.05, 3.63) is 59.4 Å². The first kappa shape index (κ1) is 16.6. The Kier molecular flexibility index (Phi) is 5.08. The summed E-state index contributed by atoms with van der Waals surface area (Å²) in [4.78, 5) is 1.54. The molecule has 3 N–H and O–H groups in total. The van der Waals surface area contributed by atoms with Crippen molar-refractivity contribution in [2.24, 2.45) is 5.73 Å². The maximum Gasteiger partial charge on any atom is 0.194 e. The number of hydrogen-bond acceptors (Lipinski definition) is 4. The van der Waals surface area contributed by atoms with Crippen molar-refractivity contribution in [2.45, 2.75) is 6.42 Å². The number of allylic oxidation sites excluding steroid dienone is 1. The maximum atomic E-state index is 13.6. The fraction of sp³-hybridized carbons (Fsp3) is 0.143. The van der Waals surface area contributed by atoms with Crippen LogP contribution in [0.1, 0.15) is 5.56 Å². The number of halogens is 3. The Morgan fingerprint density at radius 1 is 1.26 bits per heavy atom. The molecule has 1 aromatic rings. The normalized spacial score (nSPS) is 13.6. The Hall–Kier alpha value is -2.73. The number of thiocarbonyl (C=S) groups is 1. The van der Waals surface area contributed by atoms with Crippen LogP contribution in [-0.4, -0.2) is 21.6 Å². The van der Waals surface area contributed by atoms with Gasteiger partial charge in [-0.15, -0.1) is 0 Å². The van der Waals surface area contributed by atoms with Gasteiger partial charge in [0.05, 0.1) is 6.20 Å². The predicted octanol–water partition coefficient (Wildman–Crippen LogP) is 1.85. The van der Waals surface area contributed by atoms with Gasteiger partial charge in [0.15, 0.2) is 22.6 Å². The summed E-state index contributed by atoms with van der Waals surface area (Å²) in [6.45, 7) is 0.207. The van der Waals surface area contributed by atoms with E-state index in [1.165, 1.54) is 17.3 Å². The zero-order chi connectivity index (χ0) is 17.0. The highest BCUT2D eigenvalue weighted by atomic mass is 32.1. The van der Waals surface area contributed by atoms with E-state index in [0.29, 0.717) is 0 Å². The van der Waals surface area contributed by atoms with E-state index in [9.17, 15) is 13.2 Å². The minimum Gasteiger partial charge on any atom is -0.375 e. The SMILES string of the molecule is N#CC1=CN(NC(N)=S)C=CN1CCc1ccc(F)c(F)c1F. The van der Waals surface area contributed by atoms with E-state index in [-0.39, 0.29) is 29.3 Å². The van der Waals surface area contributed by atoms with E-state index in [1.807, 2.05) is 6.07 Å². The molecule has 0 atom stereocenters. The van der Waals surface area contributed by atoms with Gasteiger partial charge in [0.1, 0.15) is 11.8 Å². The van der Waals surface area contributed by atoms with Crippen LogP contribution in [0.5, 0.6) is 0 Å². The average molecular weight is 339 g/mol. The number of rotatable bonds is 4. The summed E-state index contributed by atoms with van der Waals surface area (Å²) in [6.07, 6.45) is 4.65. The smallest absolute Gasteiger partial charge is 0.194 e. The van der Waals surface area contributed by atoms with Gasteiger partial charge in [-0.1, -0.05) is 6.07 Å². The van der Waals surface area contributed by atoms with Crippen LogP contribution in [-0.2, 0) is 6.42 Å². The molecule has 0 bridgehead atoms. The van der Waals surface area contributed by atoms with E-state index >= 15 is 0 Å². The lowest BCUT2D eigenvalue weighted by Crippen LogP contribution is -2.41. The molecule has 0 radical (unpaired) electrons. The third-order valence-electron chi connectivity index (χ3n) is 3.07. The standard InChI is InChI=1S/C14H12F3N5S/c15-11-2-1-9(12(16)13(11)17)3-4-21-5-6-22(20-14(19)23)8-10(21)7-18/h1-2,5-6,8H,3-4H2,(H3,19,20,23). The summed E-state index contributed by atoms with van der Waals surface area (Å²) >= 11 is 4.69. The molecule has 5 nitrogen and oxygen atoms in total. The largest absolute Gasteiger partial charge is 0.375 e. The lowest BCUT2D eigenvalue weighted by Gasteiger charge is -2.27. The first-order valence-corrected chi connectivity index (χ1v) is 6.87. The molecule has 0 saturated heterocycles. The molecule has 120 valence electrons. The maximum absolute atomic E-state index is 13.6. The number of nitrogens with zero attached hydrogens (tertiary/aromatic N) is 3. The van der Waals surface area contributed by atoms with Crippen LogP contribution in [0.2, 0.25) is 0 Å². The third-order valence-corrected chi connectivity index (χ3v) is 3.16. The van der Waals surface area contributed by atoms with Gasteiger partial charge in [-0.25, -0.2) is 13.2 Å². The Morgan fingerprint density at radius 3 is 2.65 bits per heavy atom. The van der Waals surface area contributed by atoms with Crippen molar-refractivity contribution in [2.75, 3.05) is 6.54 Å². The molecular formula is C14H12F3N5S. The molecule has 0 amide bonds. The highest BCUT2D eigenvalue weighted by Crippen LogP contribution is 2.18. The van der Waals surface area contributed by atoms with Crippen LogP contribution < -0.4 is 11.2 Å². The predicted molar refractivity (Wildman–Crippen MR) is 81.3 cm³/mol. The Morgan fingerprint density at radius 2 is 2.00 bits per heavy atom. The van der Waals surface area contributed by atoms with Gasteiger partial charge >= 0.3 is 0 Å². The van der Waals surface area contributed by atoms with E-state index in [4.69, 9.17) is 23.2 Å². The molecule has 0 aliphatic carbocycles. The molecule has 0 aromatic heterocycles. The molecule has 2 rings (SSSR count). The molecule has 0 unspecified atom stereocenters. The average Bonchev–Trinajstić information content (AvgIpc) is 2.52. The highest BCUT2D eigenvalue weighted by Gasteiger charge is 2.17. The number of hydrazine groups is 1. The molecule has 1 aliphatic rings. The van der Waals surface area contributed by atoms with Crippen LogP contribution in [0.4, 0.5) is 13.2 Å². The van der Waals surface area contributed by atoms with E-state index in [0.717, 1.165) is 6.07 Å². The Labute approximate surface area is 136 Å². The fourth-order valence-electron chi connectivity index (χ4n) is 1.97. The van der Waals surface area contributed by atoms with Crippen molar-refractivity contribution in [1.82, 2.24) is 15.3 Å². The minimum atomic E-state index is -1.50. The minimum absolute atomic E-state index is 0.0262. The molecule has 0 saturated carbocycles. The lowest BCUT2D eigenvalue weighted by molar-refractivity contribution is 0.378. The number of nitriles is 1. The third kappa shape index (κ3) is 3.92. The lowest BCUT2D eigenvalue weighted by atomic mass is 10.1. The van der Waals surface area contributed by atoms with Crippen LogP contribution in [0.25, 0.3) is 0 Å². The Balaban J connectivity index is 2.07. The van der Waals surface area contributed by atoms with E-state index < -0.39 is 17.5 Å². The monoisotopic (exact) mass is 339 g/mol. The number of nitrogens with one attached hydrogen (secondary N) is 1. The molecule has 1 aliphatic heterocycles. The molecule has 1 heterocycles. The molecule has 9 heteroatoms. The van der Waals surface area contributed by atoms with Crippen LogP contribution in [0.15, 0.2) is 36.4 Å². The molecule has 1 aromatic carbocycles. The number of benzene rings is 1. The highest BCUT2D eigenvalue weighted by molar-refractivity contribution is 7.80. The molecule has 23 heavy (non-hydrogen) atoms. The number of hydrogen-bond donors (Lipinski definition) is 2. The van der Waals surface area contributed by atoms with Crippen molar-refractivity contribution in [1.29, 1.82) is 5.26 Å². The van der Waals surface area contributed by atoms with Gasteiger partial charge in [0, 0.05) is 18.9 Å². The molecule has 0 spiro atoms. The van der Waals surface area contributed by atoms with E-state index in [1.54, 1.807) is 17.3 Å². The summed E-state index contributed by atoms with van der Waals surface area (Å²) in [5, 5.41) is 10.6. The first-order valence-electron chi connectivity index (χ1n) is 6.46. The summed E-state index contributed by atoms with van der Waals surface area (Å²) in [7, 11) is 0. The van der Waals surface area contributed by atoms with Gasteiger partial charge in [0.25, 0.3) is 0 Å². The first-order chi connectivity index (χ1) is 10.9. The van der Waals surface area contributed by atoms with Gasteiger partial charge in [0.2, 0.25) is 0 Å². The zero-order valence-electron chi connectivity index (χ0n) is 11.8. The van der Waals surface area contributed by atoms with Crippen LogP contribution in [0, 0.1) is 28.8 Å². The topological polar surface area (TPSA) is 68.3 Å². The van der Waals surface area contributed by atoms with Gasteiger partial charge in [-0.05, 0) is 30.3 Å². The Bertz CT molecular complexity index is 726.